The van der Waals surface area contributed by atoms with E-state index in [1.54, 1.807) is 19.0 Å². The average molecular weight is 353 g/mol. The second-order valence-electron chi connectivity index (χ2n) is 7.29. The Morgan fingerprint density at radius 2 is 1.88 bits per heavy atom. The number of piperidine rings is 1. The Balaban J connectivity index is 1.65. The maximum absolute atomic E-state index is 12.7. The van der Waals surface area contributed by atoms with Gasteiger partial charge in [-0.1, -0.05) is 30.3 Å². The van der Waals surface area contributed by atoms with Gasteiger partial charge in [0.2, 0.25) is 11.8 Å². The molecule has 1 fully saturated rings. The normalized spacial score (nSPS) is 19.1. The van der Waals surface area contributed by atoms with E-state index >= 15 is 0 Å². The summed E-state index contributed by atoms with van der Waals surface area (Å²) >= 11 is 0. The largest absolute Gasteiger partial charge is 0.349 e. The summed E-state index contributed by atoms with van der Waals surface area (Å²) in [5.74, 6) is 0.102. The van der Waals surface area contributed by atoms with Crippen molar-refractivity contribution in [3.8, 4) is 0 Å². The van der Waals surface area contributed by atoms with E-state index in [0.717, 1.165) is 35.8 Å². The molecule has 0 bridgehead atoms. The van der Waals surface area contributed by atoms with Crippen molar-refractivity contribution in [2.45, 2.75) is 25.8 Å². The van der Waals surface area contributed by atoms with Gasteiger partial charge in [0.25, 0.3) is 0 Å². The second kappa shape index (κ2) is 7.87. The molecule has 5 heteroatoms. The van der Waals surface area contributed by atoms with Gasteiger partial charge in [-0.3, -0.25) is 14.5 Å². The molecule has 1 saturated heterocycles. The highest BCUT2D eigenvalue weighted by Crippen LogP contribution is 2.22. The number of likely N-dealkylation sites (tertiary alicyclic amines) is 1. The summed E-state index contributed by atoms with van der Waals surface area (Å²) in [6, 6.07) is 13.8. The fourth-order valence-electron chi connectivity index (χ4n) is 3.60. The van der Waals surface area contributed by atoms with Crippen molar-refractivity contribution in [1.82, 2.24) is 9.80 Å². The first-order valence-electron chi connectivity index (χ1n) is 9.20. The summed E-state index contributed by atoms with van der Waals surface area (Å²) in [5.41, 5.74) is 0.804. The van der Waals surface area contributed by atoms with Crippen molar-refractivity contribution >= 4 is 28.3 Å². The molecule has 5 nitrogen and oxygen atoms in total. The Hall–Kier alpha value is -2.40. The van der Waals surface area contributed by atoms with Crippen LogP contribution in [0.3, 0.4) is 0 Å². The maximum Gasteiger partial charge on any atom is 0.241 e. The van der Waals surface area contributed by atoms with E-state index in [1.807, 2.05) is 43.3 Å². The smallest absolute Gasteiger partial charge is 0.241 e. The third-order valence-electron chi connectivity index (χ3n) is 5.19. The Morgan fingerprint density at radius 3 is 2.62 bits per heavy atom. The molecule has 1 heterocycles. The van der Waals surface area contributed by atoms with E-state index in [-0.39, 0.29) is 23.8 Å². The van der Waals surface area contributed by atoms with E-state index in [9.17, 15) is 9.59 Å². The number of anilines is 1. The van der Waals surface area contributed by atoms with Gasteiger partial charge in [0.1, 0.15) is 0 Å². The number of rotatable bonds is 4. The molecule has 0 aromatic heterocycles. The topological polar surface area (TPSA) is 52.7 Å². The van der Waals surface area contributed by atoms with Gasteiger partial charge in [0, 0.05) is 26.3 Å². The lowest BCUT2D eigenvalue weighted by molar-refractivity contribution is -0.136. The highest BCUT2D eigenvalue weighted by Gasteiger charge is 2.31. The van der Waals surface area contributed by atoms with Crippen LogP contribution in [0, 0.1) is 5.92 Å². The standard InChI is InChI=1S/C21H27N3O2/c1-15(24-12-6-9-18(14-24)21(26)23(2)3)20(25)22-19-11-10-16-7-4-5-8-17(16)13-19/h4-5,7-8,10-11,13,15,18H,6,9,12,14H2,1-3H3,(H,22,25)/t15-,18+/m1/s1. The number of carbonyl (C=O) groups is 2. The third kappa shape index (κ3) is 4.05. The van der Waals surface area contributed by atoms with Crippen molar-refractivity contribution in [3.05, 3.63) is 42.5 Å². The van der Waals surface area contributed by atoms with Gasteiger partial charge in [-0.05, 0) is 49.2 Å². The van der Waals surface area contributed by atoms with Crippen LogP contribution in [0.5, 0.6) is 0 Å². The van der Waals surface area contributed by atoms with Crippen LogP contribution in [0.1, 0.15) is 19.8 Å². The monoisotopic (exact) mass is 353 g/mol. The highest BCUT2D eigenvalue weighted by atomic mass is 16.2. The van der Waals surface area contributed by atoms with E-state index in [1.165, 1.54) is 0 Å². The zero-order valence-electron chi connectivity index (χ0n) is 15.7. The highest BCUT2D eigenvalue weighted by molar-refractivity contribution is 5.97. The van der Waals surface area contributed by atoms with Gasteiger partial charge in [0.15, 0.2) is 0 Å². The molecule has 0 unspecified atom stereocenters. The van der Waals surface area contributed by atoms with Crippen LogP contribution >= 0.6 is 0 Å². The summed E-state index contributed by atoms with van der Waals surface area (Å²) in [6.45, 7) is 3.41. The van der Waals surface area contributed by atoms with E-state index in [4.69, 9.17) is 0 Å². The summed E-state index contributed by atoms with van der Waals surface area (Å²) in [5, 5.41) is 5.28. The second-order valence-corrected chi connectivity index (χ2v) is 7.29. The van der Waals surface area contributed by atoms with Crippen molar-refractivity contribution in [3.63, 3.8) is 0 Å². The lowest BCUT2D eigenvalue weighted by Gasteiger charge is -2.36. The van der Waals surface area contributed by atoms with Gasteiger partial charge in [0.05, 0.1) is 12.0 Å². The zero-order valence-corrected chi connectivity index (χ0v) is 15.7. The quantitative estimate of drug-likeness (QED) is 0.919. The molecule has 1 aliphatic rings. The number of hydrogen-bond donors (Lipinski definition) is 1. The summed E-state index contributed by atoms with van der Waals surface area (Å²) < 4.78 is 0. The molecule has 0 radical (unpaired) electrons. The van der Waals surface area contributed by atoms with Crippen LogP contribution in [0.2, 0.25) is 0 Å². The number of nitrogens with one attached hydrogen (secondary N) is 1. The van der Waals surface area contributed by atoms with Crippen LogP contribution in [-0.4, -0.2) is 54.8 Å². The molecule has 2 atom stereocenters. The lowest BCUT2D eigenvalue weighted by Crippen LogP contribution is -2.49. The van der Waals surface area contributed by atoms with Crippen LogP contribution in [0.4, 0.5) is 5.69 Å². The predicted octanol–water partition coefficient (Wildman–Crippen LogP) is 2.97. The molecular formula is C21H27N3O2. The molecule has 26 heavy (non-hydrogen) atoms. The molecule has 0 saturated carbocycles. The van der Waals surface area contributed by atoms with Gasteiger partial charge in [-0.2, -0.15) is 0 Å². The minimum Gasteiger partial charge on any atom is -0.349 e. The van der Waals surface area contributed by atoms with Crippen LogP contribution in [-0.2, 0) is 9.59 Å². The summed E-state index contributed by atoms with van der Waals surface area (Å²) in [7, 11) is 3.58. The Morgan fingerprint density at radius 1 is 1.15 bits per heavy atom. The minimum absolute atomic E-state index is 0.0188. The fraction of sp³-hybridized carbons (Fsp3) is 0.429. The molecule has 2 aromatic carbocycles. The molecule has 0 aliphatic carbocycles. The van der Waals surface area contributed by atoms with Crippen molar-refractivity contribution in [2.24, 2.45) is 5.92 Å². The minimum atomic E-state index is -0.265. The molecule has 0 spiro atoms. The number of hydrogen-bond acceptors (Lipinski definition) is 3. The molecule has 138 valence electrons. The Bertz CT molecular complexity index is 803. The molecule has 2 amide bonds. The molecule has 2 aromatic rings. The van der Waals surface area contributed by atoms with E-state index in [0.29, 0.717) is 6.54 Å². The molecule has 1 N–H and O–H groups in total. The number of benzene rings is 2. The lowest BCUT2D eigenvalue weighted by atomic mass is 9.95. The van der Waals surface area contributed by atoms with E-state index in [2.05, 4.69) is 16.3 Å². The van der Waals surface area contributed by atoms with Gasteiger partial charge in [-0.15, -0.1) is 0 Å². The average Bonchev–Trinajstić information content (AvgIpc) is 2.66. The Labute approximate surface area is 155 Å². The Kier molecular flexibility index (Phi) is 5.57. The van der Waals surface area contributed by atoms with Gasteiger partial charge < -0.3 is 10.2 Å². The van der Waals surface area contributed by atoms with Crippen molar-refractivity contribution < 1.29 is 9.59 Å². The maximum atomic E-state index is 12.7. The van der Waals surface area contributed by atoms with E-state index < -0.39 is 0 Å². The number of amides is 2. The first-order valence-corrected chi connectivity index (χ1v) is 9.20. The van der Waals surface area contributed by atoms with Crippen molar-refractivity contribution in [1.29, 1.82) is 0 Å². The molecule has 1 aliphatic heterocycles. The number of carbonyl (C=O) groups excluding carboxylic acids is 2. The first-order chi connectivity index (χ1) is 12.5. The summed E-state index contributed by atoms with van der Waals surface area (Å²) in [4.78, 5) is 28.7. The number of fused-ring (bicyclic) bond motifs is 1. The zero-order chi connectivity index (χ0) is 18.7. The fourth-order valence-corrected chi connectivity index (χ4v) is 3.60. The predicted molar refractivity (Wildman–Crippen MR) is 105 cm³/mol. The van der Waals surface area contributed by atoms with Crippen LogP contribution in [0.25, 0.3) is 10.8 Å². The SMILES string of the molecule is C[C@H](C(=O)Nc1ccc2ccccc2c1)N1CCC[C@H](C(=O)N(C)C)C1. The summed E-state index contributed by atoms with van der Waals surface area (Å²) in [6.07, 6.45) is 1.84. The number of nitrogens with zero attached hydrogens (tertiary/aromatic N) is 2. The first kappa shape index (κ1) is 18.4. The van der Waals surface area contributed by atoms with Crippen LogP contribution in [0.15, 0.2) is 42.5 Å². The molecule has 3 rings (SSSR count). The van der Waals surface area contributed by atoms with Gasteiger partial charge in [-0.25, -0.2) is 0 Å². The third-order valence-corrected chi connectivity index (χ3v) is 5.19. The van der Waals surface area contributed by atoms with Crippen LogP contribution < -0.4 is 5.32 Å². The molecular weight excluding hydrogens is 326 g/mol. The van der Waals surface area contributed by atoms with Crippen molar-refractivity contribution in [2.75, 3.05) is 32.5 Å². The van der Waals surface area contributed by atoms with Gasteiger partial charge >= 0.3 is 0 Å².